The van der Waals surface area contributed by atoms with Crippen LogP contribution in [0.5, 0.6) is 11.5 Å². The maximum absolute atomic E-state index is 12.7. The third kappa shape index (κ3) is 4.30. The summed E-state index contributed by atoms with van der Waals surface area (Å²) < 4.78 is 13.2. The normalized spacial score (nSPS) is 17.4. The molecule has 0 saturated carbocycles. The minimum absolute atomic E-state index is 0.0642. The van der Waals surface area contributed by atoms with Crippen molar-refractivity contribution in [3.8, 4) is 11.5 Å². The molecule has 1 N–H and O–H groups in total. The zero-order valence-corrected chi connectivity index (χ0v) is 17.6. The van der Waals surface area contributed by atoms with E-state index in [1.165, 1.54) is 0 Å². The first kappa shape index (κ1) is 20.1. The van der Waals surface area contributed by atoms with Crippen molar-refractivity contribution in [3.05, 3.63) is 72.3 Å². The number of rotatable bonds is 6. The number of fused-ring (bicyclic) bond motifs is 1. The SMILES string of the molecule is O=C(NCc1ccc(Cn2ccnc2)cc1)C1CC(=O)N(c2ccc3c(c2)OCCO3)C1. The minimum atomic E-state index is -0.379. The van der Waals surface area contributed by atoms with Gasteiger partial charge in [0.25, 0.3) is 0 Å². The maximum Gasteiger partial charge on any atom is 0.227 e. The molecule has 0 spiro atoms. The van der Waals surface area contributed by atoms with Gasteiger partial charge in [-0.3, -0.25) is 9.59 Å². The molecule has 2 aromatic carbocycles. The summed E-state index contributed by atoms with van der Waals surface area (Å²) in [7, 11) is 0. The molecule has 5 rings (SSSR count). The summed E-state index contributed by atoms with van der Waals surface area (Å²) in [6, 6.07) is 13.5. The smallest absolute Gasteiger partial charge is 0.227 e. The van der Waals surface area contributed by atoms with Crippen LogP contribution >= 0.6 is 0 Å². The number of carbonyl (C=O) groups is 2. The first-order chi connectivity index (χ1) is 15.7. The molecular weight excluding hydrogens is 408 g/mol. The zero-order valence-electron chi connectivity index (χ0n) is 17.6. The highest BCUT2D eigenvalue weighted by Gasteiger charge is 2.35. The molecule has 0 radical (unpaired) electrons. The van der Waals surface area contributed by atoms with Crippen LogP contribution in [-0.2, 0) is 22.7 Å². The van der Waals surface area contributed by atoms with Crippen LogP contribution in [0.25, 0.3) is 0 Å². The summed E-state index contributed by atoms with van der Waals surface area (Å²) in [5, 5.41) is 2.97. The number of aromatic nitrogens is 2. The highest BCUT2D eigenvalue weighted by molar-refractivity contribution is 6.00. The number of nitrogens with one attached hydrogen (secondary N) is 1. The van der Waals surface area contributed by atoms with Crippen molar-refractivity contribution < 1.29 is 19.1 Å². The van der Waals surface area contributed by atoms with Crippen LogP contribution in [0.15, 0.2) is 61.2 Å². The van der Waals surface area contributed by atoms with Gasteiger partial charge in [0.2, 0.25) is 11.8 Å². The molecule has 2 amide bonds. The summed E-state index contributed by atoms with van der Waals surface area (Å²) in [4.78, 5) is 31.0. The molecule has 32 heavy (non-hydrogen) atoms. The third-order valence-corrected chi connectivity index (χ3v) is 5.75. The lowest BCUT2D eigenvalue weighted by atomic mass is 10.1. The lowest BCUT2D eigenvalue weighted by Gasteiger charge is -2.22. The second-order valence-electron chi connectivity index (χ2n) is 8.00. The van der Waals surface area contributed by atoms with Crippen molar-refractivity contribution in [2.75, 3.05) is 24.7 Å². The van der Waals surface area contributed by atoms with Gasteiger partial charge in [0, 0.05) is 50.2 Å². The molecular formula is C24H24N4O4. The summed E-state index contributed by atoms with van der Waals surface area (Å²) in [5.41, 5.74) is 2.90. The van der Waals surface area contributed by atoms with Gasteiger partial charge >= 0.3 is 0 Å². The van der Waals surface area contributed by atoms with Crippen molar-refractivity contribution in [3.63, 3.8) is 0 Å². The zero-order chi connectivity index (χ0) is 21.9. The highest BCUT2D eigenvalue weighted by Crippen LogP contribution is 2.36. The van der Waals surface area contributed by atoms with Gasteiger partial charge < -0.3 is 24.3 Å². The van der Waals surface area contributed by atoms with Gasteiger partial charge in [0.1, 0.15) is 13.2 Å². The molecule has 3 aromatic rings. The van der Waals surface area contributed by atoms with Crippen molar-refractivity contribution >= 4 is 17.5 Å². The van der Waals surface area contributed by atoms with Gasteiger partial charge in [-0.15, -0.1) is 0 Å². The van der Waals surface area contributed by atoms with Gasteiger partial charge in [-0.05, 0) is 23.3 Å². The monoisotopic (exact) mass is 432 g/mol. The molecule has 1 atom stereocenters. The van der Waals surface area contributed by atoms with E-state index in [1.807, 2.05) is 41.1 Å². The van der Waals surface area contributed by atoms with Crippen molar-refractivity contribution in [1.29, 1.82) is 0 Å². The summed E-state index contributed by atoms with van der Waals surface area (Å²) in [6.07, 6.45) is 5.66. The minimum Gasteiger partial charge on any atom is -0.486 e. The standard InChI is InChI=1S/C24H24N4O4/c29-23-11-19(15-28(23)20-5-6-21-22(12-20)32-10-9-31-21)24(30)26-13-17-1-3-18(4-2-17)14-27-8-7-25-16-27/h1-8,12,16,19H,9-11,13-15H2,(H,26,30). The Balaban J connectivity index is 1.16. The number of hydrogen-bond donors (Lipinski definition) is 1. The number of benzene rings is 2. The number of carbonyl (C=O) groups excluding carboxylic acids is 2. The first-order valence-corrected chi connectivity index (χ1v) is 10.7. The van der Waals surface area contributed by atoms with E-state index >= 15 is 0 Å². The third-order valence-electron chi connectivity index (χ3n) is 5.75. The number of ether oxygens (including phenoxy) is 2. The molecule has 1 aromatic heterocycles. The van der Waals surface area contributed by atoms with Gasteiger partial charge in [0.15, 0.2) is 11.5 Å². The molecule has 1 saturated heterocycles. The lowest BCUT2D eigenvalue weighted by molar-refractivity contribution is -0.126. The molecule has 3 heterocycles. The predicted octanol–water partition coefficient (Wildman–Crippen LogP) is 2.37. The predicted molar refractivity (Wildman–Crippen MR) is 118 cm³/mol. The molecule has 1 fully saturated rings. The molecule has 1 unspecified atom stereocenters. The fraction of sp³-hybridized carbons (Fsp3) is 0.292. The van der Waals surface area contributed by atoms with Gasteiger partial charge in [-0.25, -0.2) is 4.98 Å². The van der Waals surface area contributed by atoms with Crippen LogP contribution < -0.4 is 19.7 Å². The van der Waals surface area contributed by atoms with Crippen LogP contribution in [0.4, 0.5) is 5.69 Å². The number of nitrogens with zero attached hydrogens (tertiary/aromatic N) is 3. The molecule has 2 aliphatic heterocycles. The van der Waals surface area contributed by atoms with Crippen molar-refractivity contribution in [2.24, 2.45) is 5.92 Å². The van der Waals surface area contributed by atoms with Gasteiger partial charge in [-0.2, -0.15) is 0 Å². The average molecular weight is 432 g/mol. The topological polar surface area (TPSA) is 85.7 Å². The molecule has 8 nitrogen and oxygen atoms in total. The summed E-state index contributed by atoms with van der Waals surface area (Å²) in [6.45, 7) is 2.55. The summed E-state index contributed by atoms with van der Waals surface area (Å²) >= 11 is 0. The Morgan fingerprint density at radius 3 is 2.62 bits per heavy atom. The largest absolute Gasteiger partial charge is 0.486 e. The van der Waals surface area contributed by atoms with E-state index in [9.17, 15) is 9.59 Å². The fourth-order valence-corrected chi connectivity index (χ4v) is 4.02. The Hall–Kier alpha value is -3.81. The van der Waals surface area contributed by atoms with E-state index in [-0.39, 0.29) is 24.2 Å². The molecule has 0 aliphatic carbocycles. The molecule has 164 valence electrons. The van der Waals surface area contributed by atoms with E-state index < -0.39 is 0 Å². The van der Waals surface area contributed by atoms with E-state index in [2.05, 4.69) is 10.3 Å². The van der Waals surface area contributed by atoms with Crippen LogP contribution in [-0.4, -0.2) is 41.1 Å². The summed E-state index contributed by atoms with van der Waals surface area (Å²) in [5.74, 6) is 0.755. The Morgan fingerprint density at radius 1 is 1.06 bits per heavy atom. The van der Waals surface area contributed by atoms with Crippen molar-refractivity contribution in [1.82, 2.24) is 14.9 Å². The molecule has 0 bridgehead atoms. The van der Waals surface area contributed by atoms with E-state index in [0.29, 0.717) is 37.8 Å². The van der Waals surface area contributed by atoms with Crippen LogP contribution in [0, 0.1) is 5.92 Å². The number of anilines is 1. The van der Waals surface area contributed by atoms with E-state index in [1.54, 1.807) is 29.6 Å². The Bertz CT molecular complexity index is 1110. The Labute approximate surface area is 185 Å². The quantitative estimate of drug-likeness (QED) is 0.646. The van der Waals surface area contributed by atoms with Gasteiger partial charge in [-0.1, -0.05) is 24.3 Å². The molecule has 8 heteroatoms. The number of amides is 2. The second-order valence-corrected chi connectivity index (χ2v) is 8.00. The van der Waals surface area contributed by atoms with Crippen LogP contribution in [0.2, 0.25) is 0 Å². The maximum atomic E-state index is 12.7. The lowest BCUT2D eigenvalue weighted by Crippen LogP contribution is -2.32. The Kier molecular flexibility index (Phi) is 5.49. The fourth-order valence-electron chi connectivity index (χ4n) is 4.02. The van der Waals surface area contributed by atoms with E-state index in [0.717, 1.165) is 23.4 Å². The molecule has 2 aliphatic rings. The van der Waals surface area contributed by atoms with Crippen LogP contribution in [0.1, 0.15) is 17.5 Å². The number of imidazole rings is 1. The average Bonchev–Trinajstić information content (AvgIpc) is 3.48. The number of hydrogen-bond acceptors (Lipinski definition) is 5. The first-order valence-electron chi connectivity index (χ1n) is 10.7. The van der Waals surface area contributed by atoms with Crippen molar-refractivity contribution in [2.45, 2.75) is 19.5 Å². The second kappa shape index (κ2) is 8.74. The van der Waals surface area contributed by atoms with Crippen LogP contribution in [0.3, 0.4) is 0 Å². The highest BCUT2D eigenvalue weighted by atomic mass is 16.6. The Morgan fingerprint density at radius 2 is 1.84 bits per heavy atom. The van der Waals surface area contributed by atoms with E-state index in [4.69, 9.17) is 9.47 Å². The van der Waals surface area contributed by atoms with Gasteiger partial charge in [0.05, 0.1) is 12.2 Å².